The summed E-state index contributed by atoms with van der Waals surface area (Å²) in [7, 11) is 1.92. The maximum Gasteiger partial charge on any atom is 0.207 e. The van der Waals surface area contributed by atoms with Crippen LogP contribution in [0.3, 0.4) is 0 Å². The second-order valence-corrected chi connectivity index (χ2v) is 4.85. The minimum Gasteiger partial charge on any atom is -0.326 e. The fourth-order valence-electron chi connectivity index (χ4n) is 2.17. The average molecular weight is 267 g/mol. The van der Waals surface area contributed by atoms with Crippen LogP contribution in [-0.4, -0.2) is 19.3 Å². The van der Waals surface area contributed by atoms with E-state index in [-0.39, 0.29) is 0 Å². The molecule has 3 rings (SSSR count). The summed E-state index contributed by atoms with van der Waals surface area (Å²) in [6.45, 7) is 2.75. The number of anilines is 2. The maximum atomic E-state index is 4.53. The van der Waals surface area contributed by atoms with E-state index >= 15 is 0 Å². The maximum absolute atomic E-state index is 4.53. The third-order valence-electron chi connectivity index (χ3n) is 3.04. The first-order valence-corrected chi connectivity index (χ1v) is 6.54. The zero-order valence-electron chi connectivity index (χ0n) is 11.6. The summed E-state index contributed by atoms with van der Waals surface area (Å²) in [6.07, 6.45) is 5.93. The molecule has 5 nitrogen and oxygen atoms in total. The highest BCUT2D eigenvalue weighted by Gasteiger charge is 2.07. The van der Waals surface area contributed by atoms with Crippen LogP contribution in [0.4, 0.5) is 11.6 Å². The Balaban J connectivity index is 1.84. The lowest BCUT2D eigenvalue weighted by Crippen LogP contribution is -2.03. The molecule has 20 heavy (non-hydrogen) atoms. The van der Waals surface area contributed by atoms with Crippen LogP contribution in [0, 0.1) is 6.92 Å². The Morgan fingerprint density at radius 3 is 2.65 bits per heavy atom. The van der Waals surface area contributed by atoms with Gasteiger partial charge in [0.15, 0.2) is 0 Å². The summed E-state index contributed by atoms with van der Waals surface area (Å²) in [6, 6.07) is 10.1. The second kappa shape index (κ2) is 5.21. The summed E-state index contributed by atoms with van der Waals surface area (Å²) in [5.74, 6) is 0.845. The fraction of sp³-hybridized carbons (Fsp3) is 0.200. The number of nitrogens with one attached hydrogen (secondary N) is 1. The molecule has 2 aromatic heterocycles. The molecule has 5 heteroatoms. The lowest BCUT2D eigenvalue weighted by molar-refractivity contribution is 0.763. The summed E-state index contributed by atoms with van der Waals surface area (Å²) in [5.41, 5.74) is 3.18. The van der Waals surface area contributed by atoms with Gasteiger partial charge in [0.05, 0.1) is 18.4 Å². The lowest BCUT2D eigenvalue weighted by atomic mass is 10.3. The van der Waals surface area contributed by atoms with Gasteiger partial charge in [0.1, 0.15) is 0 Å². The van der Waals surface area contributed by atoms with Gasteiger partial charge in [-0.3, -0.25) is 4.68 Å². The van der Waals surface area contributed by atoms with Crippen LogP contribution >= 0.6 is 0 Å². The Labute approximate surface area is 117 Å². The largest absolute Gasteiger partial charge is 0.326 e. The number of imidazole rings is 1. The number of aryl methyl sites for hydroxylation is 2. The van der Waals surface area contributed by atoms with Crippen molar-refractivity contribution in [2.75, 3.05) is 5.32 Å². The summed E-state index contributed by atoms with van der Waals surface area (Å²) < 4.78 is 3.91. The summed E-state index contributed by atoms with van der Waals surface area (Å²) in [5, 5.41) is 7.54. The highest BCUT2D eigenvalue weighted by Crippen LogP contribution is 2.17. The van der Waals surface area contributed by atoms with Gasteiger partial charge < -0.3 is 9.88 Å². The first-order valence-electron chi connectivity index (χ1n) is 6.54. The number of rotatable bonds is 4. The van der Waals surface area contributed by atoms with Crippen molar-refractivity contribution in [3.05, 3.63) is 60.2 Å². The third-order valence-corrected chi connectivity index (χ3v) is 3.04. The molecule has 0 bridgehead atoms. The van der Waals surface area contributed by atoms with E-state index in [1.54, 1.807) is 0 Å². The van der Waals surface area contributed by atoms with Crippen LogP contribution < -0.4 is 5.32 Å². The van der Waals surface area contributed by atoms with Crippen molar-refractivity contribution in [2.45, 2.75) is 13.5 Å². The minimum absolute atomic E-state index is 0.754. The van der Waals surface area contributed by atoms with Gasteiger partial charge in [0, 0.05) is 30.7 Å². The van der Waals surface area contributed by atoms with Gasteiger partial charge in [0.2, 0.25) is 5.95 Å². The predicted molar refractivity (Wildman–Crippen MR) is 79.0 cm³/mol. The molecule has 0 aliphatic heterocycles. The molecule has 0 atom stereocenters. The Hall–Kier alpha value is -2.56. The number of aromatic nitrogens is 4. The fourth-order valence-corrected chi connectivity index (χ4v) is 2.17. The van der Waals surface area contributed by atoms with E-state index in [0.29, 0.717) is 0 Å². The van der Waals surface area contributed by atoms with E-state index in [9.17, 15) is 0 Å². The molecule has 0 radical (unpaired) electrons. The second-order valence-electron chi connectivity index (χ2n) is 4.85. The highest BCUT2D eigenvalue weighted by atomic mass is 15.2. The molecule has 102 valence electrons. The first-order chi connectivity index (χ1) is 9.70. The van der Waals surface area contributed by atoms with Gasteiger partial charge >= 0.3 is 0 Å². The predicted octanol–water partition coefficient (Wildman–Crippen LogP) is 2.72. The van der Waals surface area contributed by atoms with Crippen molar-refractivity contribution in [1.29, 1.82) is 0 Å². The van der Waals surface area contributed by atoms with Crippen LogP contribution in [0.5, 0.6) is 0 Å². The van der Waals surface area contributed by atoms with E-state index in [0.717, 1.165) is 29.4 Å². The molecular weight excluding hydrogens is 250 g/mol. The molecule has 1 aromatic carbocycles. The van der Waals surface area contributed by atoms with Gasteiger partial charge in [-0.15, -0.1) is 0 Å². The van der Waals surface area contributed by atoms with Crippen molar-refractivity contribution in [1.82, 2.24) is 19.3 Å². The molecule has 0 saturated carbocycles. The normalized spacial score (nSPS) is 10.7. The molecule has 0 aliphatic carbocycles. The molecule has 0 saturated heterocycles. The van der Waals surface area contributed by atoms with Crippen molar-refractivity contribution in [3.8, 4) is 0 Å². The molecule has 0 unspecified atom stereocenters. The zero-order chi connectivity index (χ0) is 13.9. The lowest BCUT2D eigenvalue weighted by Gasteiger charge is -2.08. The standard InChI is InChI=1S/C15H17N5/c1-12-9-20(11-13-8-16-19(2)10-13)15(17-12)18-14-6-4-3-5-7-14/h3-10H,11H2,1-2H3,(H,17,18). The molecule has 0 spiro atoms. The van der Waals surface area contributed by atoms with Crippen molar-refractivity contribution >= 4 is 11.6 Å². The molecule has 3 aromatic rings. The quantitative estimate of drug-likeness (QED) is 0.790. The zero-order valence-corrected chi connectivity index (χ0v) is 11.6. The number of hydrogen-bond donors (Lipinski definition) is 1. The summed E-state index contributed by atoms with van der Waals surface area (Å²) >= 11 is 0. The van der Waals surface area contributed by atoms with Crippen LogP contribution in [0.2, 0.25) is 0 Å². The molecule has 2 heterocycles. The Morgan fingerprint density at radius 2 is 1.95 bits per heavy atom. The molecule has 1 N–H and O–H groups in total. The Morgan fingerprint density at radius 1 is 1.15 bits per heavy atom. The van der Waals surface area contributed by atoms with E-state index < -0.39 is 0 Å². The van der Waals surface area contributed by atoms with E-state index in [4.69, 9.17) is 0 Å². The topological polar surface area (TPSA) is 47.7 Å². The SMILES string of the molecule is Cc1cn(Cc2cnn(C)c2)c(Nc2ccccc2)n1. The molecule has 0 amide bonds. The van der Waals surface area contributed by atoms with Gasteiger partial charge in [-0.1, -0.05) is 18.2 Å². The average Bonchev–Trinajstić information content (AvgIpc) is 2.98. The molecular formula is C15H17N5. The number of hydrogen-bond acceptors (Lipinski definition) is 3. The van der Waals surface area contributed by atoms with Crippen molar-refractivity contribution in [2.24, 2.45) is 7.05 Å². The Kier molecular flexibility index (Phi) is 3.25. The minimum atomic E-state index is 0.754. The number of benzene rings is 1. The number of para-hydroxylation sites is 1. The van der Waals surface area contributed by atoms with Gasteiger partial charge in [-0.25, -0.2) is 4.98 Å². The van der Waals surface area contributed by atoms with Crippen LogP contribution in [0.25, 0.3) is 0 Å². The van der Waals surface area contributed by atoms with Gasteiger partial charge in [0.25, 0.3) is 0 Å². The van der Waals surface area contributed by atoms with Crippen LogP contribution in [0.15, 0.2) is 48.9 Å². The van der Waals surface area contributed by atoms with Crippen molar-refractivity contribution < 1.29 is 0 Å². The monoisotopic (exact) mass is 267 g/mol. The van der Waals surface area contributed by atoms with Crippen molar-refractivity contribution in [3.63, 3.8) is 0 Å². The summed E-state index contributed by atoms with van der Waals surface area (Å²) in [4.78, 5) is 4.53. The molecule has 0 fully saturated rings. The first kappa shape index (κ1) is 12.5. The van der Waals surface area contributed by atoms with Gasteiger partial charge in [-0.2, -0.15) is 5.10 Å². The molecule has 0 aliphatic rings. The van der Waals surface area contributed by atoms with Gasteiger partial charge in [-0.05, 0) is 19.1 Å². The number of nitrogens with zero attached hydrogens (tertiary/aromatic N) is 4. The smallest absolute Gasteiger partial charge is 0.207 e. The van der Waals surface area contributed by atoms with Crippen LogP contribution in [0.1, 0.15) is 11.3 Å². The Bertz CT molecular complexity index is 696. The van der Waals surface area contributed by atoms with E-state index in [1.807, 2.05) is 67.6 Å². The van der Waals surface area contributed by atoms with Crippen LogP contribution in [-0.2, 0) is 13.6 Å². The highest BCUT2D eigenvalue weighted by molar-refractivity contribution is 5.53. The third kappa shape index (κ3) is 2.71. The van der Waals surface area contributed by atoms with E-state index in [1.165, 1.54) is 0 Å². The van der Waals surface area contributed by atoms with E-state index in [2.05, 4.69) is 20.0 Å².